The van der Waals surface area contributed by atoms with E-state index in [0.717, 1.165) is 34.4 Å². The Morgan fingerprint density at radius 2 is 1.91 bits per heavy atom. The summed E-state index contributed by atoms with van der Waals surface area (Å²) in [6.07, 6.45) is 0. The number of anilines is 1. The molecule has 0 saturated carbocycles. The first-order valence-corrected chi connectivity index (χ1v) is 11.8. The third-order valence-electron chi connectivity index (χ3n) is 6.16. The molecule has 9 heteroatoms. The molecule has 2 aromatic heterocycles. The van der Waals surface area contributed by atoms with Crippen molar-refractivity contribution in [3.05, 3.63) is 69.6 Å². The van der Waals surface area contributed by atoms with Gasteiger partial charge in [0.1, 0.15) is 11.1 Å². The average molecular weight is 500 g/mol. The number of para-hydroxylation sites is 1. The van der Waals surface area contributed by atoms with Crippen molar-refractivity contribution in [3.63, 3.8) is 0 Å². The van der Waals surface area contributed by atoms with Crippen molar-refractivity contribution < 1.29 is 13.9 Å². The molecule has 34 heavy (non-hydrogen) atoms. The fraction of sp³-hybridized carbons (Fsp3) is 0.320. The number of amides is 1. The molecule has 0 aliphatic carbocycles. The zero-order valence-corrected chi connectivity index (χ0v) is 20.7. The Labute approximate surface area is 207 Å². The number of rotatable bonds is 5. The molecule has 0 bridgehead atoms. The minimum atomic E-state index is -0.636. The van der Waals surface area contributed by atoms with Gasteiger partial charge in [-0.1, -0.05) is 35.6 Å². The number of carbonyl (C=O) groups excluding carboxylic acids is 1. The molecule has 1 fully saturated rings. The molecule has 0 N–H and O–H groups in total. The molecule has 3 heterocycles. The van der Waals surface area contributed by atoms with Crippen molar-refractivity contribution >= 4 is 56.0 Å². The standard InChI is InChI=1S/C25H25N3O4S.ClH/c1-16-7-8-21-22(17(16)2)26-25(33-21)28(10-9-27-11-13-31-14-12-27)23(29)19-15-18-5-3-4-6-20(18)32-24(19)30;/h3-8,15H,9-14H2,1-2H3;1H. The highest BCUT2D eigenvalue weighted by atomic mass is 35.5. The molecule has 1 amide bonds. The van der Waals surface area contributed by atoms with Gasteiger partial charge in [-0.2, -0.15) is 0 Å². The molecular weight excluding hydrogens is 474 g/mol. The molecule has 0 spiro atoms. The number of ether oxygens (including phenoxy) is 1. The first-order valence-electron chi connectivity index (χ1n) is 11.0. The maximum Gasteiger partial charge on any atom is 0.349 e. The number of aromatic nitrogens is 1. The van der Waals surface area contributed by atoms with Crippen LogP contribution in [0.1, 0.15) is 21.5 Å². The van der Waals surface area contributed by atoms with Crippen LogP contribution in [-0.4, -0.2) is 55.2 Å². The predicted molar refractivity (Wildman–Crippen MR) is 138 cm³/mol. The lowest BCUT2D eigenvalue weighted by Crippen LogP contribution is -2.44. The lowest BCUT2D eigenvalue weighted by atomic mass is 10.1. The van der Waals surface area contributed by atoms with Crippen LogP contribution in [0.4, 0.5) is 5.13 Å². The molecule has 5 rings (SSSR count). The number of aryl methyl sites for hydroxylation is 2. The Hall–Kier alpha value is -2.78. The Morgan fingerprint density at radius 3 is 2.71 bits per heavy atom. The Bertz CT molecular complexity index is 1390. The molecule has 1 aliphatic rings. The van der Waals surface area contributed by atoms with Crippen LogP contribution in [0.25, 0.3) is 21.2 Å². The summed E-state index contributed by atoms with van der Waals surface area (Å²) in [5.41, 5.74) is 2.99. The normalized spacial score (nSPS) is 14.3. The minimum Gasteiger partial charge on any atom is -0.422 e. The van der Waals surface area contributed by atoms with E-state index in [0.29, 0.717) is 42.4 Å². The maximum atomic E-state index is 13.7. The fourth-order valence-electron chi connectivity index (χ4n) is 4.04. The molecule has 0 radical (unpaired) electrons. The van der Waals surface area contributed by atoms with Crippen molar-refractivity contribution in [2.45, 2.75) is 13.8 Å². The lowest BCUT2D eigenvalue weighted by molar-refractivity contribution is 0.0391. The van der Waals surface area contributed by atoms with Crippen molar-refractivity contribution in [2.24, 2.45) is 0 Å². The van der Waals surface area contributed by atoms with E-state index in [2.05, 4.69) is 17.9 Å². The number of halogens is 1. The summed E-state index contributed by atoms with van der Waals surface area (Å²) in [6.45, 7) is 8.18. The van der Waals surface area contributed by atoms with Crippen LogP contribution in [0, 0.1) is 13.8 Å². The van der Waals surface area contributed by atoms with Crippen LogP contribution < -0.4 is 10.5 Å². The summed E-state index contributed by atoms with van der Waals surface area (Å²) in [7, 11) is 0. The number of nitrogens with zero attached hydrogens (tertiary/aromatic N) is 3. The lowest BCUT2D eigenvalue weighted by Gasteiger charge is -2.29. The number of morpholine rings is 1. The number of thiazole rings is 1. The second-order valence-corrected chi connectivity index (χ2v) is 9.26. The molecular formula is C25H26ClN3O4S. The van der Waals surface area contributed by atoms with E-state index in [1.54, 1.807) is 23.1 Å². The average Bonchev–Trinajstić information content (AvgIpc) is 3.26. The molecule has 1 aliphatic heterocycles. The number of hydrogen-bond donors (Lipinski definition) is 0. The zero-order chi connectivity index (χ0) is 22.9. The van der Waals surface area contributed by atoms with Gasteiger partial charge in [0.15, 0.2) is 5.13 Å². The summed E-state index contributed by atoms with van der Waals surface area (Å²) < 4.78 is 11.9. The van der Waals surface area contributed by atoms with Gasteiger partial charge in [0, 0.05) is 31.6 Å². The summed E-state index contributed by atoms with van der Waals surface area (Å²) in [6, 6.07) is 12.9. The van der Waals surface area contributed by atoms with Crippen molar-refractivity contribution in [1.82, 2.24) is 9.88 Å². The predicted octanol–water partition coefficient (Wildman–Crippen LogP) is 4.42. The number of carbonyl (C=O) groups is 1. The van der Waals surface area contributed by atoms with Gasteiger partial charge in [0.05, 0.1) is 23.4 Å². The molecule has 0 unspecified atom stereocenters. The van der Waals surface area contributed by atoms with Crippen LogP contribution in [0.5, 0.6) is 0 Å². The summed E-state index contributed by atoms with van der Waals surface area (Å²) in [5, 5.41) is 1.30. The molecule has 4 aromatic rings. The molecule has 1 saturated heterocycles. The number of fused-ring (bicyclic) bond motifs is 2. The molecule has 2 aromatic carbocycles. The van der Waals surface area contributed by atoms with E-state index >= 15 is 0 Å². The highest BCUT2D eigenvalue weighted by Gasteiger charge is 2.26. The van der Waals surface area contributed by atoms with Crippen LogP contribution in [0.2, 0.25) is 0 Å². The first kappa shape index (κ1) is 24.3. The molecule has 0 atom stereocenters. The Kier molecular flexibility index (Phi) is 7.33. The smallest absolute Gasteiger partial charge is 0.349 e. The minimum absolute atomic E-state index is 0. The summed E-state index contributed by atoms with van der Waals surface area (Å²) in [5.74, 6) is -0.392. The topological polar surface area (TPSA) is 75.9 Å². The first-order chi connectivity index (χ1) is 16.0. The van der Waals surface area contributed by atoms with Crippen molar-refractivity contribution in [2.75, 3.05) is 44.3 Å². The summed E-state index contributed by atoms with van der Waals surface area (Å²) >= 11 is 1.47. The number of benzene rings is 2. The number of hydrogen-bond acceptors (Lipinski definition) is 7. The van der Waals surface area contributed by atoms with E-state index in [4.69, 9.17) is 14.1 Å². The third kappa shape index (κ3) is 4.72. The van der Waals surface area contributed by atoms with Crippen LogP contribution in [0.15, 0.2) is 51.7 Å². The van der Waals surface area contributed by atoms with Crippen LogP contribution in [0.3, 0.4) is 0 Å². The van der Waals surface area contributed by atoms with E-state index in [9.17, 15) is 9.59 Å². The van der Waals surface area contributed by atoms with E-state index in [1.807, 2.05) is 25.1 Å². The Morgan fingerprint density at radius 1 is 1.15 bits per heavy atom. The van der Waals surface area contributed by atoms with Crippen molar-refractivity contribution in [1.29, 1.82) is 0 Å². The second kappa shape index (κ2) is 10.2. The maximum absolute atomic E-state index is 13.7. The Balaban J connectivity index is 0.00000274. The molecule has 7 nitrogen and oxygen atoms in total. The quantitative estimate of drug-likeness (QED) is 0.378. The third-order valence-corrected chi connectivity index (χ3v) is 7.21. The van der Waals surface area contributed by atoms with Gasteiger partial charge < -0.3 is 9.15 Å². The van der Waals surface area contributed by atoms with Gasteiger partial charge in [0.2, 0.25) is 0 Å². The van der Waals surface area contributed by atoms with Crippen LogP contribution >= 0.6 is 23.7 Å². The van der Waals surface area contributed by atoms with E-state index < -0.39 is 11.5 Å². The largest absolute Gasteiger partial charge is 0.422 e. The highest BCUT2D eigenvalue weighted by molar-refractivity contribution is 7.22. The van der Waals surface area contributed by atoms with E-state index in [-0.39, 0.29) is 18.0 Å². The SMILES string of the molecule is Cc1ccc2sc(N(CCN3CCOCC3)C(=O)c3cc4ccccc4oc3=O)nc2c1C.Cl. The van der Waals surface area contributed by atoms with Crippen molar-refractivity contribution in [3.8, 4) is 0 Å². The van der Waals surface area contributed by atoms with Gasteiger partial charge in [0.25, 0.3) is 5.91 Å². The van der Waals surface area contributed by atoms with Gasteiger partial charge >= 0.3 is 5.63 Å². The highest BCUT2D eigenvalue weighted by Crippen LogP contribution is 2.32. The van der Waals surface area contributed by atoms with E-state index in [1.165, 1.54) is 11.3 Å². The fourth-order valence-corrected chi connectivity index (χ4v) is 5.09. The monoisotopic (exact) mass is 499 g/mol. The van der Waals surface area contributed by atoms with Gasteiger partial charge in [-0.15, -0.1) is 12.4 Å². The van der Waals surface area contributed by atoms with Gasteiger partial charge in [-0.05, 0) is 43.2 Å². The summed E-state index contributed by atoms with van der Waals surface area (Å²) in [4.78, 5) is 35.1. The zero-order valence-electron chi connectivity index (χ0n) is 19.1. The second-order valence-electron chi connectivity index (χ2n) is 8.25. The van der Waals surface area contributed by atoms with Gasteiger partial charge in [-0.25, -0.2) is 9.78 Å². The van der Waals surface area contributed by atoms with Crippen LogP contribution in [-0.2, 0) is 4.74 Å². The van der Waals surface area contributed by atoms with Gasteiger partial charge in [-0.3, -0.25) is 14.6 Å². The molecule has 178 valence electrons.